The van der Waals surface area contributed by atoms with Crippen LogP contribution in [0.1, 0.15) is 154 Å². The number of hydrogen-bond acceptors (Lipinski definition) is 17. The number of rotatable bonds is 9. The summed E-state index contributed by atoms with van der Waals surface area (Å²) in [6.45, 7) is 10.3. The molecule has 4 heterocycles. The van der Waals surface area contributed by atoms with Gasteiger partial charge >= 0.3 is 23.9 Å². The van der Waals surface area contributed by atoms with E-state index in [4.69, 9.17) is 47.3 Å². The SMILES string of the molecule is C.C.CCO.CCOC(=O)C1(CI)CCc2cccnc2C1=O.CCOC(=O)C1CCc2cccnc2C(=O)C1.CCOC(=O)C1CCc2cccnc2C1=O.CCOC(=O)[C@@H]1CCc2cccnc2[C@@H](O)C1.ClCCl. The van der Waals surface area contributed by atoms with Gasteiger partial charge in [0.05, 0.1) is 55.4 Å². The third-order valence-electron chi connectivity index (χ3n) is 12.1. The average Bonchev–Trinajstić information content (AvgIpc) is 3.69. The molecule has 0 aliphatic heterocycles. The lowest BCUT2D eigenvalue weighted by Gasteiger charge is -2.32. The van der Waals surface area contributed by atoms with Crippen LogP contribution in [0.5, 0.6) is 0 Å². The van der Waals surface area contributed by atoms with Crippen LogP contribution in [-0.4, -0.2) is 114 Å². The van der Waals surface area contributed by atoms with Crippen LogP contribution in [0, 0.1) is 23.2 Å². The maximum Gasteiger partial charge on any atom is 0.320 e. The number of carbonyl (C=O) groups is 7. The lowest BCUT2D eigenvalue weighted by Crippen LogP contribution is -2.46. The molecule has 0 spiro atoms. The van der Waals surface area contributed by atoms with Crippen LogP contribution in [-0.2, 0) is 63.8 Å². The number of esters is 4. The van der Waals surface area contributed by atoms with Crippen molar-refractivity contribution in [3.8, 4) is 0 Å². The minimum absolute atomic E-state index is 0. The number of alkyl halides is 3. The van der Waals surface area contributed by atoms with E-state index >= 15 is 0 Å². The molecule has 0 saturated carbocycles. The number of ether oxygens (including phenoxy) is 4. The smallest absolute Gasteiger partial charge is 0.320 e. The second-order valence-corrected chi connectivity index (χ2v) is 18.4. The zero-order valence-corrected chi connectivity index (χ0v) is 46.2. The lowest BCUT2D eigenvalue weighted by molar-refractivity contribution is -0.152. The Morgan fingerprint density at radius 3 is 1.62 bits per heavy atom. The number of nitrogens with zero attached hydrogens (tertiary/aromatic N) is 4. The van der Waals surface area contributed by atoms with Crippen molar-refractivity contribution in [1.82, 2.24) is 19.9 Å². The number of ketones is 3. The number of hydrogen-bond donors (Lipinski definition) is 2. The molecule has 0 fully saturated rings. The highest BCUT2D eigenvalue weighted by Gasteiger charge is 2.50. The van der Waals surface area contributed by atoms with Gasteiger partial charge in [0.1, 0.15) is 28.4 Å². The fraction of sp³-hybridized carbons (Fsp3) is 0.518. The molecule has 0 amide bonds. The number of aliphatic hydroxyl groups is 2. The summed E-state index contributed by atoms with van der Waals surface area (Å²) in [5, 5.41) is 17.8. The number of aromatic nitrogens is 4. The molecule has 2 N–H and O–H groups in total. The Morgan fingerprint density at radius 1 is 0.632 bits per heavy atom. The van der Waals surface area contributed by atoms with Gasteiger partial charge in [-0.25, -0.2) is 0 Å². The van der Waals surface area contributed by atoms with Gasteiger partial charge in [0.25, 0.3) is 0 Å². The van der Waals surface area contributed by atoms with E-state index in [1.807, 2.05) is 42.5 Å². The summed E-state index contributed by atoms with van der Waals surface area (Å²) < 4.78 is 20.4. The molecule has 3 unspecified atom stereocenters. The van der Waals surface area contributed by atoms with Crippen LogP contribution in [0.4, 0.5) is 0 Å². The molecule has 4 aliphatic carbocycles. The van der Waals surface area contributed by atoms with Crippen molar-refractivity contribution in [3.05, 3.63) is 118 Å². The quantitative estimate of drug-likeness (QED) is 0.0395. The second kappa shape index (κ2) is 36.7. The Labute approximate surface area is 471 Å². The summed E-state index contributed by atoms with van der Waals surface area (Å²) in [5.41, 5.74) is 4.84. The van der Waals surface area contributed by atoms with E-state index in [-0.39, 0.29) is 74.3 Å². The zero-order chi connectivity index (χ0) is 54.6. The average molecular weight is 1210 g/mol. The zero-order valence-electron chi connectivity index (χ0n) is 42.6. The van der Waals surface area contributed by atoms with E-state index in [1.165, 1.54) is 0 Å². The Balaban J connectivity index is 0.000000485. The Kier molecular flexibility index (Phi) is 33.2. The van der Waals surface area contributed by atoms with Crippen LogP contribution in [0.2, 0.25) is 0 Å². The molecule has 8 rings (SSSR count). The first-order chi connectivity index (χ1) is 35.7. The first-order valence-electron chi connectivity index (χ1n) is 24.7. The molecule has 0 saturated heterocycles. The molecule has 4 aliphatic rings. The monoisotopic (exact) mass is 1210 g/mol. The first kappa shape index (κ1) is 68.7. The van der Waals surface area contributed by atoms with Gasteiger partial charge in [0.15, 0.2) is 17.3 Å². The van der Waals surface area contributed by atoms with E-state index in [0.717, 1.165) is 28.7 Å². The fourth-order valence-corrected chi connectivity index (χ4v) is 9.51. The third kappa shape index (κ3) is 19.6. The van der Waals surface area contributed by atoms with Crippen molar-refractivity contribution < 1.29 is 62.7 Å². The van der Waals surface area contributed by atoms with Crippen LogP contribution < -0.4 is 0 Å². The molecule has 4 aromatic heterocycles. The minimum atomic E-state index is -1.04. The van der Waals surface area contributed by atoms with Gasteiger partial charge in [0.2, 0.25) is 0 Å². The van der Waals surface area contributed by atoms with Crippen molar-refractivity contribution in [2.75, 3.05) is 42.8 Å². The minimum Gasteiger partial charge on any atom is -0.466 e. The standard InChI is InChI=1S/C13H14INO3.C13H17NO3.C13H15NO3.C12H13NO3.C2H6O.CH2Cl2.2CH4/c1-2-18-12(17)13(8-14)6-5-9-4-3-7-15-10(9)11(13)16;2*1-2-17-13(16)10-6-5-9-4-3-7-14-12(9)11(15)8-10;1-2-16-12(15)9-6-5-8-4-3-7-13-10(8)11(9)14;1-2-3;2-1-3;;/h3-4,7H,2,5-6,8H2,1H3;3-4,7,10-11,15H,2,5-6,8H2,1H3;3-4,7,10H,2,5-6,8H2,1H3;3-4,7,9H,2,5-6H2,1H3;3H,2H2,1H3;1H2;2*1H4/t;10-,11+;;;;;;/m.1....../s1. The summed E-state index contributed by atoms with van der Waals surface area (Å²) in [4.78, 5) is 99.9. The second-order valence-electron chi connectivity index (χ2n) is 16.8. The van der Waals surface area contributed by atoms with Crippen molar-refractivity contribution in [1.29, 1.82) is 0 Å². The van der Waals surface area contributed by atoms with Gasteiger partial charge < -0.3 is 29.2 Å². The number of Topliss-reactive ketones (excluding diaryl/α,β-unsaturated/α-hetero) is 3. The highest BCUT2D eigenvalue weighted by Crippen LogP contribution is 2.38. The molecule has 17 nitrogen and oxygen atoms in total. The summed E-state index contributed by atoms with van der Waals surface area (Å²) in [6.07, 6.45) is 11.7. The van der Waals surface area contributed by atoms with E-state index < -0.39 is 29.4 Å². The Bertz CT molecular complexity index is 2480. The highest BCUT2D eigenvalue weighted by molar-refractivity contribution is 14.1. The number of fused-ring (bicyclic) bond motifs is 4. The van der Waals surface area contributed by atoms with Crippen LogP contribution in [0.15, 0.2) is 73.3 Å². The van der Waals surface area contributed by atoms with Gasteiger partial charge in [-0.2, -0.15) is 0 Å². The number of pyridine rings is 4. The third-order valence-corrected chi connectivity index (χ3v) is 13.4. The summed E-state index contributed by atoms with van der Waals surface area (Å²) >= 11 is 11.6. The maximum atomic E-state index is 12.5. The number of carbonyl (C=O) groups excluding carboxylic acids is 7. The number of halogens is 3. The molecule has 76 heavy (non-hydrogen) atoms. The molecule has 20 heteroatoms. The summed E-state index contributed by atoms with van der Waals surface area (Å²) in [6, 6.07) is 14.9. The number of aliphatic hydroxyl groups excluding tert-OH is 2. The largest absolute Gasteiger partial charge is 0.466 e. The van der Waals surface area contributed by atoms with E-state index in [1.54, 1.807) is 65.5 Å². The Morgan fingerprint density at radius 2 is 1.07 bits per heavy atom. The Hall–Kier alpha value is -5.28. The van der Waals surface area contributed by atoms with Crippen molar-refractivity contribution in [3.63, 3.8) is 0 Å². The summed E-state index contributed by atoms with van der Waals surface area (Å²) in [7, 11) is 0. The van der Waals surface area contributed by atoms with E-state index in [0.29, 0.717) is 105 Å². The van der Waals surface area contributed by atoms with Crippen LogP contribution in [0.3, 0.4) is 0 Å². The summed E-state index contributed by atoms with van der Waals surface area (Å²) in [5.74, 6) is -3.00. The molecule has 5 atom stereocenters. The topological polar surface area (TPSA) is 248 Å². The van der Waals surface area contributed by atoms with Gasteiger partial charge in [-0.05, 0) is 139 Å². The molecule has 4 aromatic rings. The van der Waals surface area contributed by atoms with Gasteiger partial charge in [0, 0.05) is 42.2 Å². The fourth-order valence-electron chi connectivity index (χ4n) is 8.48. The number of aryl methyl sites for hydroxylation is 4. The van der Waals surface area contributed by atoms with Gasteiger partial charge in [-0.15, -0.1) is 23.2 Å². The van der Waals surface area contributed by atoms with Crippen molar-refractivity contribution in [2.45, 2.75) is 120 Å². The molecule has 0 radical (unpaired) electrons. The normalized spacial score (nSPS) is 19.4. The first-order valence-corrected chi connectivity index (χ1v) is 27.3. The van der Waals surface area contributed by atoms with E-state index in [2.05, 4.69) is 42.5 Å². The molecule has 0 bridgehead atoms. The molecular formula is C56H75Cl2IN4O13. The highest BCUT2D eigenvalue weighted by atomic mass is 127. The molecular weight excluding hydrogens is 1130 g/mol. The van der Waals surface area contributed by atoms with E-state index in [9.17, 15) is 38.7 Å². The lowest BCUT2D eigenvalue weighted by atomic mass is 9.73. The van der Waals surface area contributed by atoms with Crippen LogP contribution in [0.25, 0.3) is 0 Å². The maximum absolute atomic E-state index is 12.5. The van der Waals surface area contributed by atoms with Gasteiger partial charge in [-0.3, -0.25) is 53.5 Å². The van der Waals surface area contributed by atoms with Crippen LogP contribution >= 0.6 is 45.8 Å². The van der Waals surface area contributed by atoms with Crippen molar-refractivity contribution >= 4 is 87.0 Å². The predicted molar refractivity (Wildman–Crippen MR) is 299 cm³/mol. The predicted octanol–water partition coefficient (Wildman–Crippen LogP) is 9.69. The molecule has 418 valence electrons. The van der Waals surface area contributed by atoms with Gasteiger partial charge in [-0.1, -0.05) is 61.7 Å². The van der Waals surface area contributed by atoms with Crippen molar-refractivity contribution in [2.24, 2.45) is 23.2 Å². The molecule has 0 aromatic carbocycles.